The first-order chi connectivity index (χ1) is 19.5. The molecule has 0 aliphatic carbocycles. The number of amides is 1. The van der Waals surface area contributed by atoms with Crippen LogP contribution in [-0.4, -0.2) is 80.0 Å². The molecule has 2 aromatic rings. The highest BCUT2D eigenvalue weighted by atomic mass is 32.2. The number of hydrogen-bond donors (Lipinski definition) is 4. The molecule has 2 heterocycles. The number of ether oxygens (including phenoxy) is 1. The Morgan fingerprint density at radius 1 is 1.17 bits per heavy atom. The maximum absolute atomic E-state index is 13.1. The number of nitrogen functional groups attached to an aromatic ring is 1. The molecule has 2 aliphatic heterocycles. The highest BCUT2D eigenvalue weighted by molar-refractivity contribution is 7.93. The summed E-state index contributed by atoms with van der Waals surface area (Å²) in [5.74, 6) is -2.20. The molecule has 12 nitrogen and oxygen atoms in total. The van der Waals surface area contributed by atoms with E-state index in [1.807, 2.05) is 0 Å². The van der Waals surface area contributed by atoms with E-state index in [1.54, 1.807) is 30.3 Å². The summed E-state index contributed by atoms with van der Waals surface area (Å²) in [4.78, 5) is 30.6. The summed E-state index contributed by atoms with van der Waals surface area (Å²) in [6.45, 7) is 2.22. The van der Waals surface area contributed by atoms with E-state index in [1.165, 1.54) is 24.3 Å². The molecule has 1 saturated heterocycles. The Labute approximate surface area is 238 Å². The summed E-state index contributed by atoms with van der Waals surface area (Å²) >= 11 is 0. The molecular formula is C28H34N6O6S. The van der Waals surface area contributed by atoms with Crippen LogP contribution < -0.4 is 20.5 Å². The number of carboxylic acid groups (broad SMARTS) is 1. The van der Waals surface area contributed by atoms with Gasteiger partial charge in [0.15, 0.2) is 5.75 Å². The van der Waals surface area contributed by atoms with Gasteiger partial charge in [0.2, 0.25) is 10.0 Å². The molecule has 1 amide bonds. The lowest BCUT2D eigenvalue weighted by molar-refractivity contribution is -0.134. The molecule has 0 bridgehead atoms. The fraction of sp³-hybridized carbons (Fsp3) is 0.357. The second kappa shape index (κ2) is 12.9. The number of anilines is 1. The van der Waals surface area contributed by atoms with Crippen LogP contribution >= 0.6 is 0 Å². The molecule has 1 fully saturated rings. The van der Waals surface area contributed by atoms with Crippen molar-refractivity contribution in [3.8, 4) is 5.75 Å². The smallest absolute Gasteiger partial charge is 0.320 e. The van der Waals surface area contributed by atoms with Gasteiger partial charge in [-0.3, -0.25) is 24.3 Å². The number of rotatable bonds is 11. The molecule has 4 rings (SSSR count). The molecule has 2 aromatic carbocycles. The Morgan fingerprint density at radius 2 is 1.93 bits per heavy atom. The van der Waals surface area contributed by atoms with Crippen LogP contribution in [0.25, 0.3) is 6.08 Å². The minimum atomic E-state index is -4.33. The van der Waals surface area contributed by atoms with Crippen LogP contribution in [0.4, 0.5) is 5.69 Å². The van der Waals surface area contributed by atoms with Crippen LogP contribution in [0.15, 0.2) is 53.5 Å². The number of aliphatic imine (C=N–C) groups is 1. The summed E-state index contributed by atoms with van der Waals surface area (Å²) in [5, 5.41) is 16.8. The molecule has 13 heteroatoms. The van der Waals surface area contributed by atoms with E-state index in [2.05, 4.69) is 9.89 Å². The van der Waals surface area contributed by atoms with Gasteiger partial charge in [-0.25, -0.2) is 8.42 Å². The Hall–Kier alpha value is -4.39. The predicted molar refractivity (Wildman–Crippen MR) is 157 cm³/mol. The summed E-state index contributed by atoms with van der Waals surface area (Å²) in [6, 6.07) is 11.1. The Balaban J connectivity index is 1.55. The zero-order valence-electron chi connectivity index (χ0n) is 22.5. The number of carbonyl (C=O) groups excluding carboxylic acids is 1. The van der Waals surface area contributed by atoms with Crippen molar-refractivity contribution in [2.45, 2.75) is 31.8 Å². The van der Waals surface area contributed by atoms with Gasteiger partial charge in [0.25, 0.3) is 5.91 Å². The number of amidine groups is 2. The first kappa shape index (κ1) is 29.6. The van der Waals surface area contributed by atoms with Crippen LogP contribution in [-0.2, 0) is 14.8 Å². The maximum atomic E-state index is 13.1. The minimum absolute atomic E-state index is 0.00115. The van der Waals surface area contributed by atoms with E-state index >= 15 is 0 Å². The quantitative estimate of drug-likeness (QED) is 0.228. The summed E-state index contributed by atoms with van der Waals surface area (Å²) in [7, 11) is -4.33. The van der Waals surface area contributed by atoms with Gasteiger partial charge >= 0.3 is 5.97 Å². The number of nitrogens with two attached hydrogens (primary N) is 2. The van der Waals surface area contributed by atoms with Crippen molar-refractivity contribution in [1.29, 1.82) is 5.41 Å². The van der Waals surface area contributed by atoms with Crippen molar-refractivity contribution in [1.82, 2.24) is 4.90 Å². The number of carboxylic acids is 1. The average molecular weight is 583 g/mol. The first-order valence-corrected chi connectivity index (χ1v) is 14.9. The van der Waals surface area contributed by atoms with Gasteiger partial charge in [-0.2, -0.15) is 0 Å². The van der Waals surface area contributed by atoms with Crippen molar-refractivity contribution in [2.24, 2.45) is 16.5 Å². The molecule has 0 aromatic heterocycles. The number of likely N-dealkylation sites (tertiary alicyclic amines) is 1. The number of benzene rings is 2. The molecule has 2 aliphatic rings. The lowest BCUT2D eigenvalue weighted by Gasteiger charge is -2.34. The van der Waals surface area contributed by atoms with Crippen molar-refractivity contribution in [3.05, 3.63) is 65.2 Å². The van der Waals surface area contributed by atoms with E-state index in [4.69, 9.17) is 21.6 Å². The molecule has 0 radical (unpaired) electrons. The predicted octanol–water partition coefficient (Wildman–Crippen LogP) is 2.04. The second-order valence-corrected chi connectivity index (χ2v) is 11.8. The lowest BCUT2D eigenvalue weighted by Crippen LogP contribution is -2.41. The fourth-order valence-corrected chi connectivity index (χ4v) is 6.09. The standard InChI is InChI=1S/C28H34N6O6S/c29-27(30)20-6-1-4-19(16-20)5-3-13-34(41(38,39)18-26(35)36)21-8-9-24(23(17-21)28(31)37)40-22-10-14-33(15-11-22)25-7-2-12-32-25/h1,3-6,8-9,16-17,22H,2,7,10-15,18H2,(H3,29,30)(H2,31,37)(H,35,36)/b5-3+. The third-order valence-corrected chi connectivity index (χ3v) is 8.53. The molecule has 0 spiro atoms. The molecule has 0 saturated carbocycles. The van der Waals surface area contributed by atoms with E-state index < -0.39 is 27.7 Å². The Morgan fingerprint density at radius 3 is 2.56 bits per heavy atom. The molecule has 218 valence electrons. The topological polar surface area (TPSA) is 192 Å². The van der Waals surface area contributed by atoms with Gasteiger partial charge < -0.3 is 26.2 Å². The zero-order valence-corrected chi connectivity index (χ0v) is 23.3. The molecule has 0 atom stereocenters. The van der Waals surface area contributed by atoms with Crippen LogP contribution in [0.2, 0.25) is 0 Å². The van der Waals surface area contributed by atoms with Gasteiger partial charge in [0.1, 0.15) is 17.7 Å². The van der Waals surface area contributed by atoms with Gasteiger partial charge in [-0.1, -0.05) is 30.4 Å². The highest BCUT2D eigenvalue weighted by Gasteiger charge is 2.28. The van der Waals surface area contributed by atoms with Crippen molar-refractivity contribution in [2.75, 3.05) is 36.2 Å². The van der Waals surface area contributed by atoms with Gasteiger partial charge in [0, 0.05) is 44.5 Å². The largest absolute Gasteiger partial charge is 0.489 e. The van der Waals surface area contributed by atoms with Crippen LogP contribution in [0.1, 0.15) is 47.2 Å². The summed E-state index contributed by atoms with van der Waals surface area (Å²) in [5.41, 5.74) is 12.4. The van der Waals surface area contributed by atoms with E-state index in [9.17, 15) is 23.1 Å². The Kier molecular flexibility index (Phi) is 9.28. The van der Waals surface area contributed by atoms with Gasteiger partial charge in [0.05, 0.1) is 23.6 Å². The highest BCUT2D eigenvalue weighted by Crippen LogP contribution is 2.30. The molecule has 0 unspecified atom stereocenters. The monoisotopic (exact) mass is 582 g/mol. The van der Waals surface area contributed by atoms with Gasteiger partial charge in [-0.05, 0) is 36.2 Å². The number of nitrogens with one attached hydrogen (secondary N) is 1. The number of nitrogens with zero attached hydrogens (tertiary/aromatic N) is 3. The third kappa shape index (κ3) is 7.63. The fourth-order valence-electron chi connectivity index (χ4n) is 4.87. The second-order valence-electron chi connectivity index (χ2n) is 9.87. The summed E-state index contributed by atoms with van der Waals surface area (Å²) < 4.78 is 33.2. The van der Waals surface area contributed by atoms with E-state index in [0.29, 0.717) is 11.1 Å². The molecular weight excluding hydrogens is 548 g/mol. The third-order valence-electron chi connectivity index (χ3n) is 6.89. The van der Waals surface area contributed by atoms with Crippen LogP contribution in [0, 0.1) is 5.41 Å². The Bertz CT molecular complexity index is 1480. The SMILES string of the molecule is N=C(N)c1cccc(/C=C/CN(c2ccc(OC3CCN(C4=NCCC4)CC3)c(C(N)=O)c2)S(=O)(=O)CC(=O)O)c1. The average Bonchev–Trinajstić information content (AvgIpc) is 3.46. The number of primary amides is 1. The number of hydrogen-bond acceptors (Lipinski definition) is 8. The molecule has 41 heavy (non-hydrogen) atoms. The molecule has 6 N–H and O–H groups in total. The number of carbonyl (C=O) groups is 2. The number of sulfonamides is 1. The van der Waals surface area contributed by atoms with Crippen LogP contribution in [0.5, 0.6) is 5.75 Å². The maximum Gasteiger partial charge on any atom is 0.320 e. The van der Waals surface area contributed by atoms with E-state index in [-0.39, 0.29) is 35.5 Å². The summed E-state index contributed by atoms with van der Waals surface area (Å²) in [6.07, 6.45) is 6.53. The van der Waals surface area contributed by atoms with Gasteiger partial charge in [-0.15, -0.1) is 0 Å². The van der Waals surface area contributed by atoms with E-state index in [0.717, 1.165) is 55.5 Å². The van der Waals surface area contributed by atoms with Crippen molar-refractivity contribution in [3.63, 3.8) is 0 Å². The lowest BCUT2D eigenvalue weighted by atomic mass is 10.1. The first-order valence-electron chi connectivity index (χ1n) is 13.3. The minimum Gasteiger partial charge on any atom is -0.489 e. The normalized spacial score (nSPS) is 16.0. The van der Waals surface area contributed by atoms with Crippen molar-refractivity contribution < 1.29 is 27.9 Å². The van der Waals surface area contributed by atoms with Crippen LogP contribution in [0.3, 0.4) is 0 Å². The zero-order chi connectivity index (χ0) is 29.6. The van der Waals surface area contributed by atoms with Crippen molar-refractivity contribution >= 4 is 45.3 Å². The number of aliphatic carboxylic acids is 1. The number of piperidine rings is 1.